The molecule has 0 spiro atoms. The molecule has 0 radical (unpaired) electrons. The van der Waals surface area contributed by atoms with Crippen LogP contribution in [0.5, 0.6) is 11.8 Å². The lowest BCUT2D eigenvalue weighted by Crippen LogP contribution is -2.33. The minimum absolute atomic E-state index is 0.00176. The first-order valence-electron chi connectivity index (χ1n) is 14.9. The van der Waals surface area contributed by atoms with E-state index < -0.39 is 11.6 Å². The van der Waals surface area contributed by atoms with Crippen molar-refractivity contribution in [1.82, 2.24) is 14.9 Å². The summed E-state index contributed by atoms with van der Waals surface area (Å²) in [6.45, 7) is 8.54. The first-order chi connectivity index (χ1) is 20.4. The van der Waals surface area contributed by atoms with E-state index in [9.17, 15) is 5.11 Å². The first kappa shape index (κ1) is 29.2. The van der Waals surface area contributed by atoms with Crippen LogP contribution >= 0.6 is 0 Å². The lowest BCUT2D eigenvalue weighted by Gasteiger charge is -2.31. The highest BCUT2D eigenvalue weighted by molar-refractivity contribution is 6.02. The average Bonchev–Trinajstić information content (AvgIpc) is 3.70. The molecule has 1 aliphatic carbocycles. The maximum atomic E-state index is 16.7. The Kier molecular flexibility index (Phi) is 7.27. The van der Waals surface area contributed by atoms with Crippen LogP contribution < -0.4 is 9.64 Å². The Morgan fingerprint density at radius 1 is 1.09 bits per heavy atom. The third-order valence-corrected chi connectivity index (χ3v) is 9.25. The van der Waals surface area contributed by atoms with Gasteiger partial charge in [0.1, 0.15) is 22.9 Å². The van der Waals surface area contributed by atoms with Crippen LogP contribution in [0.15, 0.2) is 42.5 Å². The minimum Gasteiger partial charge on any atom is -0.508 e. The Morgan fingerprint density at radius 3 is 2.56 bits per heavy atom. The molecule has 1 aromatic heterocycles. The molecule has 2 N–H and O–H groups in total. The highest BCUT2D eigenvalue weighted by atomic mass is 19.1. The average molecular weight is 588 g/mol. The van der Waals surface area contributed by atoms with Gasteiger partial charge in [-0.15, -0.1) is 0 Å². The number of aromatic hydroxyl groups is 1. The molecule has 1 saturated heterocycles. The minimum atomic E-state index is -0.841. The number of phenolic OH excluding ortho intramolecular Hbond substituents is 1. The second kappa shape index (κ2) is 10.7. The van der Waals surface area contributed by atoms with Gasteiger partial charge in [0.15, 0.2) is 5.82 Å². The van der Waals surface area contributed by atoms with E-state index in [2.05, 4.69) is 30.7 Å². The molecule has 1 saturated carbocycles. The summed E-state index contributed by atoms with van der Waals surface area (Å²) < 4.78 is 39.0. The summed E-state index contributed by atoms with van der Waals surface area (Å²) in [6, 6.07) is 11.4. The molecule has 3 aromatic carbocycles. The Balaban J connectivity index is 1.53. The van der Waals surface area contributed by atoms with Crippen molar-refractivity contribution in [3.8, 4) is 22.9 Å². The third kappa shape index (κ3) is 5.62. The molecule has 1 unspecified atom stereocenters. The fourth-order valence-corrected chi connectivity index (χ4v) is 6.44. The molecule has 43 heavy (non-hydrogen) atoms. The van der Waals surface area contributed by atoms with Crippen molar-refractivity contribution in [2.45, 2.75) is 40.0 Å². The second-order valence-corrected chi connectivity index (χ2v) is 13.6. The number of rotatable bonds is 7. The van der Waals surface area contributed by atoms with E-state index in [1.54, 1.807) is 24.3 Å². The van der Waals surface area contributed by atoms with E-state index in [0.717, 1.165) is 19.4 Å². The van der Waals surface area contributed by atoms with Gasteiger partial charge in [-0.2, -0.15) is 9.97 Å². The number of aromatic nitrogens is 2. The number of anilines is 1. The Labute approximate surface area is 251 Å². The Morgan fingerprint density at radius 2 is 1.84 bits per heavy atom. The molecular weight excluding hydrogens is 548 g/mol. The van der Waals surface area contributed by atoms with Crippen LogP contribution in [0.3, 0.4) is 0 Å². The van der Waals surface area contributed by atoms with Gasteiger partial charge in [0, 0.05) is 29.6 Å². The fourth-order valence-electron chi connectivity index (χ4n) is 6.44. The smallest absolute Gasteiger partial charge is 0.319 e. The zero-order valence-electron chi connectivity index (χ0n) is 25.5. The van der Waals surface area contributed by atoms with E-state index in [0.29, 0.717) is 48.4 Å². The van der Waals surface area contributed by atoms with Gasteiger partial charge >= 0.3 is 6.01 Å². The summed E-state index contributed by atoms with van der Waals surface area (Å²) in [5.74, 6) is -1.16. The number of hydrogen-bond acceptors (Lipinski definition) is 7. The predicted molar refractivity (Wildman–Crippen MR) is 167 cm³/mol. The van der Waals surface area contributed by atoms with Gasteiger partial charge < -0.3 is 25.1 Å². The molecule has 7 nitrogen and oxygen atoms in total. The van der Waals surface area contributed by atoms with E-state index in [-0.39, 0.29) is 50.5 Å². The standard InChI is InChI=1S/C34H39F2N5O2/c1-20-16-41(17-22(37)15-33(20,2)3)31-26-14-27(35)28(25-13-23(42)12-21-8-6-7-9-24(21)25)29(36)30(26)38-32(39-31)43-19-34(10-11-34)18-40(4)5/h6-9,12-14,20,37,42H,10-11,15-19H2,1-5H3. The zero-order chi connectivity index (χ0) is 30.7. The Hall–Kier alpha value is -3.85. The first-order valence-corrected chi connectivity index (χ1v) is 14.9. The topological polar surface area (TPSA) is 85.6 Å². The van der Waals surface area contributed by atoms with Crippen LogP contribution in [0.2, 0.25) is 0 Å². The van der Waals surface area contributed by atoms with Gasteiger partial charge in [-0.3, -0.25) is 0 Å². The maximum Gasteiger partial charge on any atom is 0.319 e. The van der Waals surface area contributed by atoms with Crippen molar-refractivity contribution in [2.24, 2.45) is 16.7 Å². The molecule has 0 bridgehead atoms. The number of nitrogens with one attached hydrogen (secondary N) is 1. The van der Waals surface area contributed by atoms with Gasteiger partial charge in [0.25, 0.3) is 0 Å². The molecule has 4 aromatic rings. The van der Waals surface area contributed by atoms with E-state index in [4.69, 9.17) is 15.1 Å². The highest BCUT2D eigenvalue weighted by Crippen LogP contribution is 2.47. The second-order valence-electron chi connectivity index (χ2n) is 13.6. The molecule has 226 valence electrons. The molecule has 1 atom stereocenters. The summed E-state index contributed by atoms with van der Waals surface area (Å²) in [5, 5.41) is 20.6. The molecule has 2 aliphatic rings. The number of benzene rings is 3. The van der Waals surface area contributed by atoms with Crippen molar-refractivity contribution >= 4 is 33.2 Å². The number of ether oxygens (including phenoxy) is 1. The normalized spacial score (nSPS) is 19.7. The highest BCUT2D eigenvalue weighted by Gasteiger charge is 2.44. The molecule has 0 amide bonds. The molecule has 2 heterocycles. The van der Waals surface area contributed by atoms with Crippen molar-refractivity contribution in [3.05, 3.63) is 54.1 Å². The van der Waals surface area contributed by atoms with E-state index in [1.807, 2.05) is 25.1 Å². The van der Waals surface area contributed by atoms with Crippen LogP contribution in [0.25, 0.3) is 32.8 Å². The van der Waals surface area contributed by atoms with Gasteiger partial charge in [-0.05, 0) is 79.2 Å². The molecule has 9 heteroatoms. The molecule has 1 aliphatic heterocycles. The monoisotopic (exact) mass is 587 g/mol. The maximum absolute atomic E-state index is 16.7. The molecule has 2 fully saturated rings. The van der Waals surface area contributed by atoms with Crippen LogP contribution in [-0.2, 0) is 0 Å². The number of nitrogens with zero attached hydrogens (tertiary/aromatic N) is 4. The van der Waals surface area contributed by atoms with Crippen molar-refractivity contribution < 1.29 is 18.6 Å². The number of hydrogen-bond donors (Lipinski definition) is 2. The number of phenols is 1. The summed E-state index contributed by atoms with van der Waals surface area (Å²) in [7, 11) is 4.05. The number of halogens is 2. The van der Waals surface area contributed by atoms with Crippen molar-refractivity contribution in [1.29, 1.82) is 5.41 Å². The van der Waals surface area contributed by atoms with Crippen LogP contribution in [0.1, 0.15) is 40.0 Å². The van der Waals surface area contributed by atoms with Crippen LogP contribution in [0, 0.1) is 33.8 Å². The van der Waals surface area contributed by atoms with Crippen LogP contribution in [0.4, 0.5) is 14.6 Å². The lowest BCUT2D eigenvalue weighted by molar-refractivity contribution is 0.183. The fraction of sp³-hybridized carbons (Fsp3) is 0.441. The third-order valence-electron chi connectivity index (χ3n) is 9.25. The van der Waals surface area contributed by atoms with Gasteiger partial charge in [0.05, 0.1) is 18.7 Å². The Bertz CT molecular complexity index is 1730. The molecule has 6 rings (SSSR count). The summed E-state index contributed by atoms with van der Waals surface area (Å²) in [4.78, 5) is 13.3. The summed E-state index contributed by atoms with van der Waals surface area (Å²) in [5.41, 5.74) is 0.348. The number of fused-ring (bicyclic) bond motifs is 2. The van der Waals surface area contributed by atoms with Gasteiger partial charge in [0.2, 0.25) is 0 Å². The summed E-state index contributed by atoms with van der Waals surface area (Å²) >= 11 is 0. The lowest BCUT2D eigenvalue weighted by atomic mass is 9.77. The van der Waals surface area contributed by atoms with Crippen molar-refractivity contribution in [2.75, 3.05) is 45.2 Å². The molecular formula is C34H39F2N5O2. The van der Waals surface area contributed by atoms with Gasteiger partial charge in [-0.25, -0.2) is 8.78 Å². The quantitative estimate of drug-likeness (QED) is 0.241. The van der Waals surface area contributed by atoms with E-state index >= 15 is 8.78 Å². The SMILES string of the molecule is CC1CN(c2nc(OCC3(CN(C)C)CC3)nc3c(F)c(-c4cc(O)cc5ccccc45)c(F)cc23)CC(=N)CC1(C)C. The van der Waals surface area contributed by atoms with Crippen molar-refractivity contribution in [3.63, 3.8) is 0 Å². The largest absolute Gasteiger partial charge is 0.508 e. The predicted octanol–water partition coefficient (Wildman–Crippen LogP) is 7.05. The van der Waals surface area contributed by atoms with E-state index in [1.165, 1.54) is 12.1 Å². The van der Waals surface area contributed by atoms with Gasteiger partial charge in [-0.1, -0.05) is 45.0 Å². The zero-order valence-corrected chi connectivity index (χ0v) is 25.5. The summed E-state index contributed by atoms with van der Waals surface area (Å²) in [6.07, 6.45) is 2.67. The van der Waals surface area contributed by atoms with Crippen LogP contribution in [-0.4, -0.2) is 66.0 Å².